The minimum Gasteiger partial charge on any atom is -0.460 e. The van der Waals surface area contributed by atoms with E-state index in [1.165, 1.54) is 17.0 Å². The highest BCUT2D eigenvalue weighted by Crippen LogP contribution is 2.53. The maximum Gasteiger partial charge on any atom is 0.416 e. The van der Waals surface area contributed by atoms with Crippen molar-refractivity contribution < 1.29 is 31.9 Å². The lowest BCUT2D eigenvalue weighted by atomic mass is 9.57. The molecule has 4 aliphatic rings. The van der Waals surface area contributed by atoms with Gasteiger partial charge in [-0.1, -0.05) is 12.1 Å². The predicted molar refractivity (Wildman–Crippen MR) is 113 cm³/mol. The van der Waals surface area contributed by atoms with Crippen molar-refractivity contribution in [2.45, 2.75) is 75.5 Å². The molecule has 1 aliphatic heterocycles. The monoisotopic (exact) mass is 481 g/mol. The molecule has 2 unspecified atom stereocenters. The Morgan fingerprint density at radius 1 is 1.12 bits per heavy atom. The Hall–Kier alpha value is -2.67. The van der Waals surface area contributed by atoms with Gasteiger partial charge in [-0.2, -0.15) is 18.4 Å². The molecule has 1 amide bonds. The van der Waals surface area contributed by atoms with Crippen LogP contribution in [-0.4, -0.2) is 47.6 Å². The molecule has 5 rings (SSSR count). The zero-order valence-electron chi connectivity index (χ0n) is 18.7. The minimum absolute atomic E-state index is 0.0241. The second kappa shape index (κ2) is 9.17. The van der Waals surface area contributed by atoms with Gasteiger partial charge in [0.05, 0.1) is 30.1 Å². The summed E-state index contributed by atoms with van der Waals surface area (Å²) in [6.45, 7) is -0.113. The summed E-state index contributed by atoms with van der Waals surface area (Å²) in [7, 11) is 0. The first-order valence-corrected chi connectivity index (χ1v) is 11.5. The smallest absolute Gasteiger partial charge is 0.416 e. The molecule has 1 aromatic carbocycles. The maximum absolute atomic E-state index is 13.6. The number of nitriles is 1. The molecule has 6 nitrogen and oxygen atoms in total. The number of fused-ring (bicyclic) bond motifs is 3. The van der Waals surface area contributed by atoms with Gasteiger partial charge in [0.25, 0.3) is 0 Å². The predicted octanol–water partition coefficient (Wildman–Crippen LogP) is 3.89. The second-order valence-electron chi connectivity index (χ2n) is 9.71. The van der Waals surface area contributed by atoms with E-state index in [1.807, 2.05) is 6.07 Å². The molecule has 1 N–H and O–H groups in total. The summed E-state index contributed by atoms with van der Waals surface area (Å²) in [6.07, 6.45) is -1.71. The number of nitrogens with zero attached hydrogens (tertiary/aromatic N) is 2. The van der Waals surface area contributed by atoms with E-state index in [0.717, 1.165) is 12.1 Å². The number of likely N-dealkylation sites (tertiary alicyclic amines) is 1. The van der Waals surface area contributed by atoms with E-state index in [4.69, 9.17) is 10.00 Å². The average Bonchev–Trinajstić information content (AvgIpc) is 3.22. The molecule has 3 saturated carbocycles. The van der Waals surface area contributed by atoms with Crippen molar-refractivity contribution in [3.63, 3.8) is 0 Å². The van der Waals surface area contributed by atoms with E-state index in [0.29, 0.717) is 44.1 Å². The summed E-state index contributed by atoms with van der Waals surface area (Å²) in [5.74, 6) is -0.626. The van der Waals surface area contributed by atoms with Crippen molar-refractivity contribution in [3.8, 4) is 6.07 Å². The lowest BCUT2D eigenvalue weighted by molar-refractivity contribution is -0.165. The summed E-state index contributed by atoms with van der Waals surface area (Å²) >= 11 is 0. The molecule has 1 aromatic rings. The molecular weight excluding hydrogens is 454 g/mol. The molecule has 1 saturated heterocycles. The van der Waals surface area contributed by atoms with Gasteiger partial charge in [-0.15, -0.1) is 0 Å². The van der Waals surface area contributed by atoms with Crippen LogP contribution in [0.1, 0.15) is 56.1 Å². The number of hydrogen-bond acceptors (Lipinski definition) is 5. The number of esters is 1. The van der Waals surface area contributed by atoms with Gasteiger partial charge in [-0.05, 0) is 56.2 Å². The standard InChI is InChI=1S/C24H27F4N3O3/c25-18-11-19(12-29)31(14-18)20(32)13-30-23-8-5-22(6-9-23,7-10-23)21(33)34-15-16-1-3-17(4-2-16)24(26,27)28/h1-4,18-19,30H,5-11,13-15H2. The first-order chi connectivity index (χ1) is 16.1. The third kappa shape index (κ3) is 4.90. The Morgan fingerprint density at radius 2 is 1.74 bits per heavy atom. The van der Waals surface area contributed by atoms with Gasteiger partial charge in [-0.25, -0.2) is 4.39 Å². The topological polar surface area (TPSA) is 82.4 Å². The number of carbonyl (C=O) groups is 2. The van der Waals surface area contributed by atoms with Crippen LogP contribution in [0.25, 0.3) is 0 Å². The fraction of sp³-hybridized carbons (Fsp3) is 0.625. The molecule has 0 aromatic heterocycles. The number of rotatable bonds is 6. The first-order valence-electron chi connectivity index (χ1n) is 11.5. The number of ether oxygens (including phenoxy) is 1. The van der Waals surface area contributed by atoms with E-state index < -0.39 is 29.4 Å². The summed E-state index contributed by atoms with van der Waals surface area (Å²) in [5, 5.41) is 12.5. The normalized spacial score (nSPS) is 30.7. The average molecular weight is 481 g/mol. The third-order valence-electron chi connectivity index (χ3n) is 7.66. The molecule has 10 heteroatoms. The number of hydrogen-bond donors (Lipinski definition) is 1. The summed E-state index contributed by atoms with van der Waals surface area (Å²) in [4.78, 5) is 26.7. The first kappa shape index (κ1) is 24.5. The fourth-order valence-corrected chi connectivity index (χ4v) is 5.40. The van der Waals surface area contributed by atoms with E-state index >= 15 is 0 Å². The lowest BCUT2D eigenvalue weighted by Gasteiger charge is -2.52. The molecule has 2 atom stereocenters. The molecule has 0 radical (unpaired) electrons. The van der Waals surface area contributed by atoms with E-state index in [9.17, 15) is 27.2 Å². The third-order valence-corrected chi connectivity index (χ3v) is 7.66. The molecule has 3 aliphatic carbocycles. The number of alkyl halides is 4. The molecule has 184 valence electrons. The van der Waals surface area contributed by atoms with Crippen LogP contribution in [0, 0.1) is 16.7 Å². The summed E-state index contributed by atoms with van der Waals surface area (Å²) < 4.78 is 57.2. The van der Waals surface area contributed by atoms with Crippen LogP contribution in [0.3, 0.4) is 0 Å². The lowest BCUT2D eigenvalue weighted by Crippen LogP contribution is -2.58. The Morgan fingerprint density at radius 3 is 2.29 bits per heavy atom. The van der Waals surface area contributed by atoms with Gasteiger partial charge in [0.1, 0.15) is 18.8 Å². The van der Waals surface area contributed by atoms with Crippen LogP contribution in [0.5, 0.6) is 0 Å². The Labute approximate surface area is 195 Å². The second-order valence-corrected chi connectivity index (χ2v) is 9.71. The molecule has 4 fully saturated rings. The van der Waals surface area contributed by atoms with Gasteiger partial charge in [-0.3, -0.25) is 9.59 Å². The number of halogens is 4. The van der Waals surface area contributed by atoms with Crippen LogP contribution in [0.15, 0.2) is 24.3 Å². The number of nitrogens with one attached hydrogen (secondary N) is 1. The van der Waals surface area contributed by atoms with Crippen molar-refractivity contribution in [3.05, 3.63) is 35.4 Å². The zero-order chi connectivity index (χ0) is 24.6. The van der Waals surface area contributed by atoms with Gasteiger partial charge < -0.3 is 15.0 Å². The van der Waals surface area contributed by atoms with Gasteiger partial charge in [0, 0.05) is 12.0 Å². The molecule has 34 heavy (non-hydrogen) atoms. The van der Waals surface area contributed by atoms with Crippen LogP contribution in [0.4, 0.5) is 17.6 Å². The Bertz CT molecular complexity index is 949. The molecule has 1 heterocycles. The molecule has 0 spiro atoms. The van der Waals surface area contributed by atoms with Crippen molar-refractivity contribution in [1.82, 2.24) is 10.2 Å². The number of carbonyl (C=O) groups excluding carboxylic acids is 2. The van der Waals surface area contributed by atoms with Gasteiger partial charge in [0.2, 0.25) is 5.91 Å². The van der Waals surface area contributed by atoms with E-state index in [1.54, 1.807) is 0 Å². The van der Waals surface area contributed by atoms with Crippen LogP contribution in [-0.2, 0) is 27.1 Å². The Balaban J connectivity index is 1.27. The number of benzene rings is 1. The van der Waals surface area contributed by atoms with Crippen LogP contribution in [0.2, 0.25) is 0 Å². The minimum atomic E-state index is -4.41. The maximum atomic E-state index is 13.6. The van der Waals surface area contributed by atoms with Crippen molar-refractivity contribution in [2.24, 2.45) is 5.41 Å². The summed E-state index contributed by atoms with van der Waals surface area (Å²) in [5.41, 5.74) is -1.14. The van der Waals surface area contributed by atoms with Crippen molar-refractivity contribution >= 4 is 11.9 Å². The van der Waals surface area contributed by atoms with Gasteiger partial charge >= 0.3 is 12.1 Å². The van der Waals surface area contributed by atoms with E-state index in [2.05, 4.69) is 5.32 Å². The number of amides is 1. The molecular formula is C24H27F4N3O3. The van der Waals surface area contributed by atoms with Gasteiger partial charge in [0.15, 0.2) is 0 Å². The van der Waals surface area contributed by atoms with Crippen LogP contribution >= 0.6 is 0 Å². The highest BCUT2D eigenvalue weighted by Gasteiger charge is 2.53. The van der Waals surface area contributed by atoms with Crippen LogP contribution < -0.4 is 5.32 Å². The largest absolute Gasteiger partial charge is 0.460 e. The zero-order valence-corrected chi connectivity index (χ0v) is 18.7. The van der Waals surface area contributed by atoms with E-state index in [-0.39, 0.29) is 43.5 Å². The quantitative estimate of drug-likeness (QED) is 0.493. The molecule has 2 bridgehead atoms. The fourth-order valence-electron chi connectivity index (χ4n) is 5.40. The SMILES string of the molecule is N#CC1CC(F)CN1C(=O)CNC12CCC(C(=O)OCc3ccc(C(F)(F)F)cc3)(CC1)CC2. The highest BCUT2D eigenvalue weighted by atomic mass is 19.4. The highest BCUT2D eigenvalue weighted by molar-refractivity contribution is 5.80. The van der Waals surface area contributed by atoms with Crippen molar-refractivity contribution in [1.29, 1.82) is 5.26 Å². The summed E-state index contributed by atoms with van der Waals surface area (Å²) in [6, 6.07) is 5.81. The van der Waals surface area contributed by atoms with Crippen molar-refractivity contribution in [2.75, 3.05) is 13.1 Å². The Kier molecular flexibility index (Phi) is 6.60.